The molecule has 0 aliphatic rings. The fourth-order valence-electron chi connectivity index (χ4n) is 2.37. The summed E-state index contributed by atoms with van der Waals surface area (Å²) in [5, 5.41) is 12.3. The van der Waals surface area contributed by atoms with E-state index >= 15 is 0 Å². The number of halogens is 1. The van der Waals surface area contributed by atoms with E-state index in [-0.39, 0.29) is 24.6 Å². The van der Waals surface area contributed by atoms with Gasteiger partial charge in [0.25, 0.3) is 0 Å². The molecule has 2 amide bonds. The van der Waals surface area contributed by atoms with Gasteiger partial charge in [-0.2, -0.15) is 0 Å². The lowest BCUT2D eigenvalue weighted by Gasteiger charge is -2.27. The lowest BCUT2D eigenvalue weighted by atomic mass is 10.1. The van der Waals surface area contributed by atoms with Gasteiger partial charge in [0, 0.05) is 31.7 Å². The summed E-state index contributed by atoms with van der Waals surface area (Å²) < 4.78 is 13.3. The van der Waals surface area contributed by atoms with Crippen molar-refractivity contribution < 1.29 is 14.3 Å². The molecule has 1 rings (SSSR count). The summed E-state index contributed by atoms with van der Waals surface area (Å²) in [5.41, 5.74) is 10.9. The van der Waals surface area contributed by atoms with E-state index in [1.54, 1.807) is 18.0 Å². The van der Waals surface area contributed by atoms with Gasteiger partial charge in [-0.3, -0.25) is 4.99 Å². The molecule has 0 aromatic heterocycles. The third kappa shape index (κ3) is 5.94. The Kier molecular flexibility index (Phi) is 7.81. The van der Waals surface area contributed by atoms with Gasteiger partial charge in [-0.05, 0) is 25.3 Å². The molecule has 0 aliphatic carbocycles. The van der Waals surface area contributed by atoms with Crippen molar-refractivity contribution in [1.29, 1.82) is 0 Å². The molecule has 8 heteroatoms. The summed E-state index contributed by atoms with van der Waals surface area (Å²) in [4.78, 5) is 17.7. The second-order valence-corrected chi connectivity index (χ2v) is 5.53. The molecule has 1 unspecified atom stereocenters. The maximum atomic E-state index is 13.3. The van der Waals surface area contributed by atoms with Gasteiger partial charge in [0.1, 0.15) is 0 Å². The zero-order valence-corrected chi connectivity index (χ0v) is 14.1. The van der Waals surface area contributed by atoms with E-state index < -0.39 is 11.6 Å². The van der Waals surface area contributed by atoms with Crippen LogP contribution in [0, 0.1) is 5.82 Å². The third-order valence-corrected chi connectivity index (χ3v) is 3.83. The SMILES string of the molecule is CCC(CCCN=C(N)N)N(C)C(=O)NCc1cccc(F)c1O. The van der Waals surface area contributed by atoms with Gasteiger partial charge in [-0.15, -0.1) is 0 Å². The number of guanidine groups is 1. The molecule has 0 radical (unpaired) electrons. The molecule has 1 aromatic carbocycles. The second-order valence-electron chi connectivity index (χ2n) is 5.53. The summed E-state index contributed by atoms with van der Waals surface area (Å²) in [6.45, 7) is 2.57. The Labute approximate surface area is 141 Å². The largest absolute Gasteiger partial charge is 0.505 e. The van der Waals surface area contributed by atoms with E-state index in [9.17, 15) is 14.3 Å². The molecule has 0 aliphatic heterocycles. The Hall–Kier alpha value is -2.51. The first kappa shape index (κ1) is 19.5. The Morgan fingerprint density at radius 3 is 2.79 bits per heavy atom. The van der Waals surface area contributed by atoms with Gasteiger partial charge < -0.3 is 26.8 Å². The molecule has 1 aromatic rings. The highest BCUT2D eigenvalue weighted by Crippen LogP contribution is 2.20. The number of nitrogens with zero attached hydrogens (tertiary/aromatic N) is 2. The van der Waals surface area contributed by atoms with Gasteiger partial charge in [0.2, 0.25) is 0 Å². The van der Waals surface area contributed by atoms with Crippen molar-refractivity contribution in [2.75, 3.05) is 13.6 Å². The highest BCUT2D eigenvalue weighted by atomic mass is 19.1. The average molecular weight is 339 g/mol. The minimum absolute atomic E-state index is 0.0419. The Morgan fingerprint density at radius 1 is 1.46 bits per heavy atom. The number of nitrogens with two attached hydrogens (primary N) is 2. The predicted octanol–water partition coefficient (Wildman–Crippen LogP) is 1.50. The number of hydrogen-bond acceptors (Lipinski definition) is 3. The van der Waals surface area contributed by atoms with Crippen LogP contribution in [-0.4, -0.2) is 41.6 Å². The monoisotopic (exact) mass is 339 g/mol. The van der Waals surface area contributed by atoms with Crippen molar-refractivity contribution in [3.8, 4) is 5.75 Å². The molecule has 0 saturated carbocycles. The van der Waals surface area contributed by atoms with Gasteiger partial charge in [-0.1, -0.05) is 19.1 Å². The van der Waals surface area contributed by atoms with E-state index in [2.05, 4.69) is 10.3 Å². The summed E-state index contributed by atoms with van der Waals surface area (Å²) in [7, 11) is 1.70. The molecule has 0 heterocycles. The second kappa shape index (κ2) is 9.59. The van der Waals surface area contributed by atoms with E-state index in [4.69, 9.17) is 11.5 Å². The molecule has 0 fully saturated rings. The van der Waals surface area contributed by atoms with Crippen molar-refractivity contribution in [2.24, 2.45) is 16.5 Å². The standard InChI is InChI=1S/C16H26FN5O2/c1-3-12(7-5-9-20-15(18)19)22(2)16(24)21-10-11-6-4-8-13(17)14(11)23/h4,6,8,12,23H,3,5,7,9-10H2,1-2H3,(H,21,24)(H4,18,19,20). The number of aromatic hydroxyl groups is 1. The molecule has 1 atom stereocenters. The van der Waals surface area contributed by atoms with Crippen LogP contribution >= 0.6 is 0 Å². The van der Waals surface area contributed by atoms with Crippen molar-refractivity contribution in [3.63, 3.8) is 0 Å². The van der Waals surface area contributed by atoms with Gasteiger partial charge >= 0.3 is 6.03 Å². The maximum Gasteiger partial charge on any atom is 0.317 e. The first-order valence-electron chi connectivity index (χ1n) is 7.89. The maximum absolute atomic E-state index is 13.3. The minimum Gasteiger partial charge on any atom is -0.505 e. The summed E-state index contributed by atoms with van der Waals surface area (Å²) >= 11 is 0. The Balaban J connectivity index is 2.52. The fraction of sp³-hybridized carbons (Fsp3) is 0.500. The van der Waals surface area contributed by atoms with Crippen LogP contribution in [-0.2, 0) is 6.54 Å². The van der Waals surface area contributed by atoms with Crippen LogP contribution in [0.1, 0.15) is 31.7 Å². The van der Waals surface area contributed by atoms with Crippen LogP contribution in [0.5, 0.6) is 5.75 Å². The average Bonchev–Trinajstić information content (AvgIpc) is 2.55. The number of amides is 2. The summed E-state index contributed by atoms with van der Waals surface area (Å²) in [6, 6.07) is 3.97. The van der Waals surface area contributed by atoms with E-state index in [0.717, 1.165) is 25.3 Å². The molecule has 134 valence electrons. The lowest BCUT2D eigenvalue weighted by molar-refractivity contribution is 0.184. The number of carbonyl (C=O) groups is 1. The molecule has 7 nitrogen and oxygen atoms in total. The summed E-state index contributed by atoms with van der Waals surface area (Å²) in [6.07, 6.45) is 2.32. The van der Waals surface area contributed by atoms with E-state index in [1.807, 2.05) is 6.92 Å². The van der Waals surface area contributed by atoms with Crippen LogP contribution in [0.25, 0.3) is 0 Å². The number of benzene rings is 1. The van der Waals surface area contributed by atoms with Crippen LogP contribution in [0.15, 0.2) is 23.2 Å². The van der Waals surface area contributed by atoms with Crippen molar-refractivity contribution in [1.82, 2.24) is 10.2 Å². The third-order valence-electron chi connectivity index (χ3n) is 3.83. The first-order chi connectivity index (χ1) is 11.4. The number of para-hydroxylation sites is 1. The van der Waals surface area contributed by atoms with E-state index in [1.165, 1.54) is 6.07 Å². The fourth-order valence-corrected chi connectivity index (χ4v) is 2.37. The summed E-state index contributed by atoms with van der Waals surface area (Å²) in [5.74, 6) is -1.09. The van der Waals surface area contributed by atoms with Crippen molar-refractivity contribution >= 4 is 12.0 Å². The number of phenolic OH excluding ortho intramolecular Hbond substituents is 1. The number of phenols is 1. The minimum atomic E-state index is -0.707. The smallest absolute Gasteiger partial charge is 0.317 e. The van der Waals surface area contributed by atoms with Crippen LogP contribution in [0.3, 0.4) is 0 Å². The molecule has 0 bridgehead atoms. The molecule has 24 heavy (non-hydrogen) atoms. The number of hydrogen-bond donors (Lipinski definition) is 4. The lowest BCUT2D eigenvalue weighted by Crippen LogP contribution is -2.43. The van der Waals surface area contributed by atoms with Gasteiger partial charge in [0.15, 0.2) is 17.5 Å². The zero-order valence-electron chi connectivity index (χ0n) is 14.1. The first-order valence-corrected chi connectivity index (χ1v) is 7.89. The Bertz CT molecular complexity index is 576. The van der Waals surface area contributed by atoms with Crippen molar-refractivity contribution in [2.45, 2.75) is 38.8 Å². The molecule has 0 saturated heterocycles. The molecular weight excluding hydrogens is 313 g/mol. The van der Waals surface area contributed by atoms with Gasteiger partial charge in [0.05, 0.1) is 0 Å². The van der Waals surface area contributed by atoms with E-state index in [0.29, 0.717) is 12.1 Å². The molecular formula is C16H26FN5O2. The van der Waals surface area contributed by atoms with Crippen LogP contribution < -0.4 is 16.8 Å². The van der Waals surface area contributed by atoms with Crippen LogP contribution in [0.2, 0.25) is 0 Å². The quantitative estimate of drug-likeness (QED) is 0.326. The number of urea groups is 1. The number of carbonyl (C=O) groups excluding carboxylic acids is 1. The normalized spacial score (nSPS) is 11.6. The molecule has 0 spiro atoms. The Morgan fingerprint density at radius 2 is 2.17 bits per heavy atom. The zero-order chi connectivity index (χ0) is 18.1. The number of rotatable bonds is 8. The number of aliphatic imine (C=N–C) groups is 1. The topological polar surface area (TPSA) is 117 Å². The number of nitrogens with one attached hydrogen (secondary N) is 1. The molecule has 6 N–H and O–H groups in total. The van der Waals surface area contributed by atoms with Gasteiger partial charge in [-0.25, -0.2) is 9.18 Å². The van der Waals surface area contributed by atoms with Crippen molar-refractivity contribution in [3.05, 3.63) is 29.6 Å². The predicted molar refractivity (Wildman–Crippen MR) is 92.1 cm³/mol. The highest BCUT2D eigenvalue weighted by molar-refractivity contribution is 5.75. The highest BCUT2D eigenvalue weighted by Gasteiger charge is 2.18. The van der Waals surface area contributed by atoms with Crippen LogP contribution in [0.4, 0.5) is 9.18 Å².